The van der Waals surface area contributed by atoms with Crippen molar-refractivity contribution in [1.29, 1.82) is 0 Å². The smallest absolute Gasteiger partial charge is 0.174 e. The Morgan fingerprint density at radius 1 is 1.17 bits per heavy atom. The summed E-state index contributed by atoms with van der Waals surface area (Å²) < 4.78 is 12.2. The highest BCUT2D eigenvalue weighted by molar-refractivity contribution is 14.1. The van der Waals surface area contributed by atoms with Crippen molar-refractivity contribution in [2.24, 2.45) is 0 Å². The molecular weight excluding hydrogens is 437 g/mol. The van der Waals surface area contributed by atoms with Gasteiger partial charge >= 0.3 is 0 Å². The Bertz CT molecular complexity index is 635. The van der Waals surface area contributed by atoms with Crippen molar-refractivity contribution >= 4 is 35.0 Å². The van der Waals surface area contributed by atoms with Gasteiger partial charge in [0.05, 0.1) is 10.7 Å². The third-order valence-electron chi connectivity index (χ3n) is 3.40. The first-order valence-corrected chi connectivity index (χ1v) is 8.67. The zero-order valence-electron chi connectivity index (χ0n) is 13.8. The van der Waals surface area contributed by atoms with E-state index in [0.717, 1.165) is 34.6 Å². The lowest BCUT2D eigenvalue weighted by Gasteiger charge is -2.14. The summed E-state index contributed by atoms with van der Waals surface area (Å²) in [4.78, 5) is 0. The highest BCUT2D eigenvalue weighted by Crippen LogP contribution is 2.33. The number of halogens is 2. The molecule has 2 aromatic carbocycles. The van der Waals surface area contributed by atoms with Crippen LogP contribution in [0.3, 0.4) is 0 Å². The fourth-order valence-corrected chi connectivity index (χ4v) is 3.09. The summed E-state index contributed by atoms with van der Waals surface area (Å²) in [5.41, 5.74) is 2.53. The van der Waals surface area contributed by atoms with Crippen LogP contribution in [0.4, 0.5) is 0 Å². The van der Waals surface area contributed by atoms with E-state index in [1.165, 1.54) is 11.1 Å². The number of benzene rings is 2. The van der Waals surface area contributed by atoms with Crippen LogP contribution in [-0.4, -0.2) is 20.3 Å². The molecule has 0 fully saturated rings. The molecule has 3 nitrogen and oxygen atoms in total. The molecular formula is C19H23ClINO2. The van der Waals surface area contributed by atoms with E-state index in [9.17, 15) is 0 Å². The van der Waals surface area contributed by atoms with Crippen LogP contribution in [0, 0.1) is 3.57 Å². The van der Waals surface area contributed by atoms with Crippen LogP contribution < -0.4 is 14.8 Å². The Kier molecular flexibility index (Phi) is 9.83. The van der Waals surface area contributed by atoms with E-state index in [-0.39, 0.29) is 12.4 Å². The molecule has 130 valence electrons. The van der Waals surface area contributed by atoms with Gasteiger partial charge in [0.1, 0.15) is 6.61 Å². The van der Waals surface area contributed by atoms with Crippen LogP contribution in [-0.2, 0) is 13.0 Å². The molecule has 0 aliphatic carbocycles. The fraction of sp³-hybridized carbons (Fsp3) is 0.263. The van der Waals surface area contributed by atoms with Gasteiger partial charge in [0, 0.05) is 6.54 Å². The predicted molar refractivity (Wildman–Crippen MR) is 111 cm³/mol. The second-order valence-corrected chi connectivity index (χ2v) is 6.28. The van der Waals surface area contributed by atoms with Crippen molar-refractivity contribution in [3.63, 3.8) is 0 Å². The maximum absolute atomic E-state index is 5.68. The maximum atomic E-state index is 5.68. The zero-order chi connectivity index (χ0) is 16.5. The largest absolute Gasteiger partial charge is 0.493 e. The molecule has 2 rings (SSSR count). The van der Waals surface area contributed by atoms with E-state index in [1.54, 1.807) is 13.2 Å². The van der Waals surface area contributed by atoms with E-state index in [0.29, 0.717) is 6.61 Å². The molecule has 5 heteroatoms. The highest BCUT2D eigenvalue weighted by Gasteiger charge is 2.11. The molecule has 0 aliphatic rings. The van der Waals surface area contributed by atoms with Crippen LogP contribution in [0.2, 0.25) is 0 Å². The third-order valence-corrected chi connectivity index (χ3v) is 4.20. The molecule has 1 N–H and O–H groups in total. The highest BCUT2D eigenvalue weighted by atomic mass is 127. The SMILES string of the molecule is C=CCOc1c(I)cc(CNCCc2ccccc2)cc1OC.Cl. The standard InChI is InChI=1S/C19H22INO2.ClH/c1-3-11-23-19-17(20)12-16(13-18(19)22-2)14-21-10-9-15-7-5-4-6-8-15;/h3-8,12-13,21H,1,9-11,14H2,2H3;1H. The number of hydrogen-bond acceptors (Lipinski definition) is 3. The van der Waals surface area contributed by atoms with E-state index < -0.39 is 0 Å². The van der Waals surface area contributed by atoms with Crippen molar-refractivity contribution < 1.29 is 9.47 Å². The average Bonchev–Trinajstić information content (AvgIpc) is 2.58. The minimum atomic E-state index is 0. The third kappa shape index (κ3) is 6.34. The lowest BCUT2D eigenvalue weighted by atomic mass is 10.1. The fourth-order valence-electron chi connectivity index (χ4n) is 2.27. The molecule has 0 heterocycles. The van der Waals surface area contributed by atoms with Crippen molar-refractivity contribution in [3.05, 3.63) is 69.8 Å². The molecule has 0 saturated heterocycles. The van der Waals surface area contributed by atoms with Gasteiger partial charge in [0.2, 0.25) is 0 Å². The summed E-state index contributed by atoms with van der Waals surface area (Å²) >= 11 is 2.28. The van der Waals surface area contributed by atoms with E-state index in [2.05, 4.69) is 64.8 Å². The molecule has 24 heavy (non-hydrogen) atoms. The zero-order valence-corrected chi connectivity index (χ0v) is 16.7. The predicted octanol–water partition coefficient (Wildman–Crippen LogP) is 4.62. The molecule has 0 spiro atoms. The van der Waals surface area contributed by atoms with E-state index >= 15 is 0 Å². The van der Waals surface area contributed by atoms with Crippen LogP contribution in [0.5, 0.6) is 11.5 Å². The van der Waals surface area contributed by atoms with Crippen LogP contribution in [0.15, 0.2) is 55.1 Å². The van der Waals surface area contributed by atoms with Gasteiger partial charge in [-0.3, -0.25) is 0 Å². The number of rotatable bonds is 9. The number of nitrogens with one attached hydrogen (secondary N) is 1. The second kappa shape index (κ2) is 11.3. The maximum Gasteiger partial charge on any atom is 0.174 e. The molecule has 0 unspecified atom stereocenters. The lowest BCUT2D eigenvalue weighted by Crippen LogP contribution is -2.17. The number of hydrogen-bond donors (Lipinski definition) is 1. The summed E-state index contributed by atoms with van der Waals surface area (Å²) in [6.07, 6.45) is 2.75. The van der Waals surface area contributed by atoms with E-state index in [4.69, 9.17) is 9.47 Å². The molecule has 0 bridgehead atoms. The molecule has 0 radical (unpaired) electrons. The summed E-state index contributed by atoms with van der Waals surface area (Å²) in [6.45, 7) is 5.90. The summed E-state index contributed by atoms with van der Waals surface area (Å²) in [5.74, 6) is 1.54. The van der Waals surface area contributed by atoms with Crippen molar-refractivity contribution in [2.45, 2.75) is 13.0 Å². The van der Waals surface area contributed by atoms with Crippen LogP contribution in [0.1, 0.15) is 11.1 Å². The van der Waals surface area contributed by atoms with Gasteiger partial charge in [-0.15, -0.1) is 12.4 Å². The van der Waals surface area contributed by atoms with Gasteiger partial charge < -0.3 is 14.8 Å². The summed E-state index contributed by atoms with van der Waals surface area (Å²) in [6, 6.07) is 14.6. The Hall–Kier alpha value is -1.24. The molecule has 0 aliphatic heterocycles. The van der Waals surface area contributed by atoms with Crippen molar-refractivity contribution in [3.8, 4) is 11.5 Å². The van der Waals surface area contributed by atoms with Gasteiger partial charge in [0.25, 0.3) is 0 Å². The normalized spacial score (nSPS) is 9.92. The Labute approximate surface area is 164 Å². The van der Waals surface area contributed by atoms with Crippen molar-refractivity contribution in [1.82, 2.24) is 5.32 Å². The number of methoxy groups -OCH3 is 1. The van der Waals surface area contributed by atoms with Crippen molar-refractivity contribution in [2.75, 3.05) is 20.3 Å². The first-order chi connectivity index (χ1) is 11.2. The number of ether oxygens (including phenoxy) is 2. The minimum absolute atomic E-state index is 0. The summed E-state index contributed by atoms with van der Waals surface area (Å²) in [7, 11) is 1.67. The first-order valence-electron chi connectivity index (χ1n) is 7.59. The quantitative estimate of drug-likeness (QED) is 0.337. The minimum Gasteiger partial charge on any atom is -0.493 e. The van der Waals surface area contributed by atoms with Crippen LogP contribution >= 0.6 is 35.0 Å². The van der Waals surface area contributed by atoms with Gasteiger partial charge in [0.15, 0.2) is 11.5 Å². The summed E-state index contributed by atoms with van der Waals surface area (Å²) in [5, 5.41) is 3.48. The van der Waals surface area contributed by atoms with Gasteiger partial charge in [-0.2, -0.15) is 0 Å². The second-order valence-electron chi connectivity index (χ2n) is 5.12. The van der Waals surface area contributed by atoms with Crippen LogP contribution in [0.25, 0.3) is 0 Å². The Morgan fingerprint density at radius 2 is 1.92 bits per heavy atom. The average molecular weight is 460 g/mol. The topological polar surface area (TPSA) is 30.5 Å². The Morgan fingerprint density at radius 3 is 2.58 bits per heavy atom. The van der Waals surface area contributed by atoms with Gasteiger partial charge in [-0.25, -0.2) is 0 Å². The molecule has 2 aromatic rings. The first kappa shape index (κ1) is 20.8. The molecule has 0 saturated carbocycles. The monoisotopic (exact) mass is 459 g/mol. The van der Waals surface area contributed by atoms with E-state index in [1.807, 2.05) is 12.1 Å². The van der Waals surface area contributed by atoms with Gasteiger partial charge in [-0.05, 0) is 58.8 Å². The molecule has 0 aromatic heterocycles. The lowest BCUT2D eigenvalue weighted by molar-refractivity contribution is 0.324. The Balaban J connectivity index is 0.00000288. The van der Waals surface area contributed by atoms with Gasteiger partial charge in [-0.1, -0.05) is 43.0 Å². The molecule has 0 atom stereocenters. The molecule has 0 amide bonds.